The van der Waals surface area contributed by atoms with Gasteiger partial charge in [-0.15, -0.1) is 0 Å². The summed E-state index contributed by atoms with van der Waals surface area (Å²) in [5.74, 6) is -2.20. The molecule has 0 bridgehead atoms. The van der Waals surface area contributed by atoms with Crippen LogP contribution in [0, 0.1) is 11.8 Å². The van der Waals surface area contributed by atoms with Gasteiger partial charge in [-0.3, -0.25) is 9.59 Å². The molecule has 0 aliphatic carbocycles. The van der Waals surface area contributed by atoms with Gasteiger partial charge in [0.25, 0.3) is 0 Å². The molecule has 0 aromatic rings. The van der Waals surface area contributed by atoms with Gasteiger partial charge >= 0.3 is 11.9 Å². The standard InChI is InChI=1S/C12H22O7/c13-5-9(6-14)1-3-11(17)19-12(18)4-2-10(7-15)8-16/h9-10,13-16H,1-8H2. The lowest BCUT2D eigenvalue weighted by Gasteiger charge is -2.11. The Balaban J connectivity index is 3.83. The fraction of sp³-hybridized carbons (Fsp3) is 0.833. The summed E-state index contributed by atoms with van der Waals surface area (Å²) in [5.41, 5.74) is 0. The predicted octanol–water partition coefficient (Wildman–Crippen LogP) is -1.18. The molecular formula is C12H22O7. The van der Waals surface area contributed by atoms with E-state index in [9.17, 15) is 9.59 Å². The average molecular weight is 278 g/mol. The molecular weight excluding hydrogens is 256 g/mol. The van der Waals surface area contributed by atoms with Crippen molar-refractivity contribution in [3.8, 4) is 0 Å². The van der Waals surface area contributed by atoms with Crippen molar-refractivity contribution in [1.82, 2.24) is 0 Å². The second kappa shape index (κ2) is 10.9. The molecule has 0 aromatic heterocycles. The molecule has 0 rings (SSSR count). The van der Waals surface area contributed by atoms with Crippen molar-refractivity contribution in [3.05, 3.63) is 0 Å². The maximum absolute atomic E-state index is 11.3. The number of rotatable bonds is 10. The zero-order valence-electron chi connectivity index (χ0n) is 10.8. The minimum atomic E-state index is -0.707. The van der Waals surface area contributed by atoms with E-state index in [-0.39, 0.29) is 52.1 Å². The van der Waals surface area contributed by atoms with Gasteiger partial charge in [0, 0.05) is 51.1 Å². The van der Waals surface area contributed by atoms with Crippen LogP contribution in [-0.4, -0.2) is 58.8 Å². The number of carbonyl (C=O) groups excluding carboxylic acids is 2. The summed E-state index contributed by atoms with van der Waals surface area (Å²) >= 11 is 0. The number of hydrogen-bond acceptors (Lipinski definition) is 7. The molecule has 4 N–H and O–H groups in total. The third-order valence-corrected chi connectivity index (χ3v) is 2.77. The molecule has 0 aliphatic rings. The van der Waals surface area contributed by atoms with Crippen molar-refractivity contribution in [2.75, 3.05) is 26.4 Å². The Morgan fingerprint density at radius 1 is 0.737 bits per heavy atom. The van der Waals surface area contributed by atoms with Crippen LogP contribution in [0.1, 0.15) is 25.7 Å². The Bertz CT molecular complexity index is 233. The Morgan fingerprint density at radius 3 is 1.32 bits per heavy atom. The first-order valence-corrected chi connectivity index (χ1v) is 6.24. The lowest BCUT2D eigenvalue weighted by atomic mass is 10.1. The van der Waals surface area contributed by atoms with Crippen LogP contribution in [-0.2, 0) is 14.3 Å². The second-order valence-electron chi connectivity index (χ2n) is 4.39. The van der Waals surface area contributed by atoms with Gasteiger partial charge in [0.2, 0.25) is 0 Å². The van der Waals surface area contributed by atoms with Crippen molar-refractivity contribution in [1.29, 1.82) is 0 Å². The van der Waals surface area contributed by atoms with Gasteiger partial charge in [-0.25, -0.2) is 0 Å². The van der Waals surface area contributed by atoms with E-state index in [0.29, 0.717) is 0 Å². The highest BCUT2D eigenvalue weighted by molar-refractivity contribution is 5.85. The number of aliphatic hydroxyl groups is 4. The van der Waals surface area contributed by atoms with Crippen LogP contribution in [0.15, 0.2) is 0 Å². The first kappa shape index (κ1) is 18.0. The van der Waals surface area contributed by atoms with E-state index in [1.54, 1.807) is 0 Å². The summed E-state index contributed by atoms with van der Waals surface area (Å²) in [4.78, 5) is 22.5. The van der Waals surface area contributed by atoms with Crippen LogP contribution < -0.4 is 0 Å². The minimum absolute atomic E-state index is 0.0546. The summed E-state index contributed by atoms with van der Waals surface area (Å²) in [6, 6.07) is 0. The van der Waals surface area contributed by atoms with Gasteiger partial charge in [0.05, 0.1) is 0 Å². The zero-order valence-corrected chi connectivity index (χ0v) is 10.8. The van der Waals surface area contributed by atoms with Gasteiger partial charge in [-0.2, -0.15) is 0 Å². The van der Waals surface area contributed by atoms with E-state index in [1.807, 2.05) is 0 Å². The van der Waals surface area contributed by atoms with Crippen molar-refractivity contribution >= 4 is 11.9 Å². The molecule has 0 spiro atoms. The molecule has 112 valence electrons. The van der Waals surface area contributed by atoms with Crippen molar-refractivity contribution in [2.24, 2.45) is 11.8 Å². The minimum Gasteiger partial charge on any atom is -0.396 e. The largest absolute Gasteiger partial charge is 0.396 e. The van der Waals surface area contributed by atoms with Crippen molar-refractivity contribution < 1.29 is 34.8 Å². The van der Waals surface area contributed by atoms with Gasteiger partial charge in [0.15, 0.2) is 0 Å². The molecule has 19 heavy (non-hydrogen) atoms. The molecule has 0 unspecified atom stereocenters. The predicted molar refractivity (Wildman–Crippen MR) is 64.9 cm³/mol. The summed E-state index contributed by atoms with van der Waals surface area (Å²) in [5, 5.41) is 35.2. The van der Waals surface area contributed by atoms with Gasteiger partial charge < -0.3 is 25.2 Å². The SMILES string of the molecule is O=C(CCC(CO)CO)OC(=O)CCC(CO)CO. The number of ether oxygens (including phenoxy) is 1. The van der Waals surface area contributed by atoms with Crippen molar-refractivity contribution in [2.45, 2.75) is 25.7 Å². The Morgan fingerprint density at radius 2 is 1.05 bits per heavy atom. The van der Waals surface area contributed by atoms with Crippen LogP contribution in [0.4, 0.5) is 0 Å². The Kier molecular flexibility index (Phi) is 10.3. The number of esters is 2. The van der Waals surface area contributed by atoms with Crippen molar-refractivity contribution in [3.63, 3.8) is 0 Å². The lowest BCUT2D eigenvalue weighted by Crippen LogP contribution is -2.18. The summed E-state index contributed by atoms with van der Waals surface area (Å²) in [6.45, 7) is -0.919. The molecule has 7 heteroatoms. The summed E-state index contributed by atoms with van der Waals surface area (Å²) in [7, 11) is 0. The van der Waals surface area contributed by atoms with Crippen LogP contribution in [0.5, 0.6) is 0 Å². The lowest BCUT2D eigenvalue weighted by molar-refractivity contribution is -0.160. The molecule has 0 aromatic carbocycles. The second-order valence-corrected chi connectivity index (χ2v) is 4.39. The maximum atomic E-state index is 11.3. The third kappa shape index (κ3) is 8.66. The fourth-order valence-electron chi connectivity index (χ4n) is 1.35. The zero-order chi connectivity index (χ0) is 14.7. The molecule has 0 atom stereocenters. The normalized spacial score (nSPS) is 11.1. The highest BCUT2D eigenvalue weighted by atomic mass is 16.6. The Labute approximate surface area is 111 Å². The van der Waals surface area contributed by atoms with E-state index in [2.05, 4.69) is 4.74 Å². The number of hydrogen-bond donors (Lipinski definition) is 4. The van der Waals surface area contributed by atoms with Crippen LogP contribution in [0.25, 0.3) is 0 Å². The van der Waals surface area contributed by atoms with Crippen LogP contribution >= 0.6 is 0 Å². The van der Waals surface area contributed by atoms with Gasteiger partial charge in [-0.05, 0) is 12.8 Å². The highest BCUT2D eigenvalue weighted by Crippen LogP contribution is 2.08. The Hall–Kier alpha value is -1.02. The van der Waals surface area contributed by atoms with E-state index in [1.165, 1.54) is 0 Å². The molecule has 0 fully saturated rings. The topological polar surface area (TPSA) is 124 Å². The van der Waals surface area contributed by atoms with E-state index in [4.69, 9.17) is 20.4 Å². The van der Waals surface area contributed by atoms with E-state index in [0.717, 1.165) is 0 Å². The van der Waals surface area contributed by atoms with Crippen LogP contribution in [0.2, 0.25) is 0 Å². The monoisotopic (exact) mass is 278 g/mol. The smallest absolute Gasteiger partial charge is 0.313 e. The van der Waals surface area contributed by atoms with Gasteiger partial charge in [0.1, 0.15) is 0 Å². The molecule has 0 radical (unpaired) electrons. The molecule has 0 heterocycles. The molecule has 0 saturated heterocycles. The number of aliphatic hydroxyl groups excluding tert-OH is 4. The molecule has 0 aliphatic heterocycles. The first-order chi connectivity index (χ1) is 9.07. The third-order valence-electron chi connectivity index (χ3n) is 2.77. The average Bonchev–Trinajstić information content (AvgIpc) is 2.41. The van der Waals surface area contributed by atoms with Gasteiger partial charge in [-0.1, -0.05) is 0 Å². The van der Waals surface area contributed by atoms with Crippen LogP contribution in [0.3, 0.4) is 0 Å². The van der Waals surface area contributed by atoms with E-state index < -0.39 is 23.8 Å². The summed E-state index contributed by atoms with van der Waals surface area (Å²) in [6.07, 6.45) is 0.381. The molecule has 0 saturated carbocycles. The molecule has 0 amide bonds. The summed E-state index contributed by atoms with van der Waals surface area (Å²) < 4.78 is 4.52. The fourth-order valence-corrected chi connectivity index (χ4v) is 1.35. The molecule has 7 nitrogen and oxygen atoms in total. The van der Waals surface area contributed by atoms with E-state index >= 15 is 0 Å². The quantitative estimate of drug-likeness (QED) is 0.293. The number of carbonyl (C=O) groups is 2. The highest BCUT2D eigenvalue weighted by Gasteiger charge is 2.15. The first-order valence-electron chi connectivity index (χ1n) is 6.24. The maximum Gasteiger partial charge on any atom is 0.313 e.